The summed E-state index contributed by atoms with van der Waals surface area (Å²) in [6.45, 7) is 6.43. The molecule has 0 saturated heterocycles. The minimum absolute atomic E-state index is 0.111. The van der Waals surface area contributed by atoms with E-state index in [1.54, 1.807) is 0 Å². The third kappa shape index (κ3) is 12.6. The first-order valence-corrected chi connectivity index (χ1v) is 13.6. The smallest absolute Gasteiger partial charge is 0.310 e. The fraction of sp³-hybridized carbons (Fsp3) is 0.857. The second-order valence-corrected chi connectivity index (χ2v) is 10.1. The van der Waals surface area contributed by atoms with Crippen molar-refractivity contribution >= 4 is 11.9 Å². The van der Waals surface area contributed by atoms with Gasteiger partial charge in [0.2, 0.25) is 0 Å². The van der Waals surface area contributed by atoms with Gasteiger partial charge in [0.25, 0.3) is 0 Å². The van der Waals surface area contributed by atoms with Gasteiger partial charge in [-0.1, -0.05) is 116 Å². The zero-order valence-corrected chi connectivity index (χ0v) is 21.2. The monoisotopic (exact) mass is 450 g/mol. The van der Waals surface area contributed by atoms with E-state index >= 15 is 0 Å². The van der Waals surface area contributed by atoms with Gasteiger partial charge in [-0.25, -0.2) is 0 Å². The number of rotatable bonds is 19. The number of carboxylic acid groups (broad SMARTS) is 1. The van der Waals surface area contributed by atoms with Gasteiger partial charge in [0, 0.05) is 0 Å². The minimum Gasteiger partial charge on any atom is -0.481 e. The Morgan fingerprint density at radius 3 is 1.66 bits per heavy atom. The average Bonchev–Trinajstić information content (AvgIpc) is 2.78. The molecule has 4 heteroatoms. The zero-order chi connectivity index (χ0) is 23.6. The van der Waals surface area contributed by atoms with E-state index in [-0.39, 0.29) is 18.0 Å². The van der Waals surface area contributed by atoms with Crippen LogP contribution in [0.1, 0.15) is 130 Å². The molecule has 1 aliphatic rings. The predicted octanol–water partition coefficient (Wildman–Crippen LogP) is 8.09. The first kappa shape index (κ1) is 28.7. The van der Waals surface area contributed by atoms with Gasteiger partial charge in [0.1, 0.15) is 6.10 Å². The van der Waals surface area contributed by atoms with Crippen LogP contribution in [-0.2, 0) is 14.3 Å². The summed E-state index contributed by atoms with van der Waals surface area (Å²) in [4.78, 5) is 24.1. The van der Waals surface area contributed by atoms with Crippen molar-refractivity contribution in [1.29, 1.82) is 0 Å². The van der Waals surface area contributed by atoms with Gasteiger partial charge < -0.3 is 9.84 Å². The second kappa shape index (κ2) is 18.1. The van der Waals surface area contributed by atoms with Gasteiger partial charge in [0.05, 0.1) is 11.8 Å². The van der Waals surface area contributed by atoms with E-state index < -0.39 is 17.8 Å². The second-order valence-electron chi connectivity index (χ2n) is 10.1. The Kier molecular flexibility index (Phi) is 16.3. The van der Waals surface area contributed by atoms with E-state index in [1.165, 1.54) is 83.5 Å². The lowest BCUT2D eigenvalue weighted by Crippen LogP contribution is -2.35. The van der Waals surface area contributed by atoms with Crippen molar-refractivity contribution in [3.05, 3.63) is 12.2 Å². The van der Waals surface area contributed by atoms with Crippen molar-refractivity contribution in [3.63, 3.8) is 0 Å². The summed E-state index contributed by atoms with van der Waals surface area (Å²) in [6.07, 6.45) is 24.1. The van der Waals surface area contributed by atoms with Crippen LogP contribution < -0.4 is 0 Å². The van der Waals surface area contributed by atoms with Crippen LogP contribution in [0.3, 0.4) is 0 Å². The maximum Gasteiger partial charge on any atom is 0.310 e. The lowest BCUT2D eigenvalue weighted by atomic mass is 9.83. The Hall–Kier alpha value is -1.32. The SMILES string of the molecule is CCCCCCCCCCCCCCCCC(OC(=O)C1CC=CCC1C(=O)O)C(C)C. The van der Waals surface area contributed by atoms with Crippen LogP contribution in [0, 0.1) is 17.8 Å². The molecule has 186 valence electrons. The maximum absolute atomic E-state index is 12.7. The molecule has 0 spiro atoms. The van der Waals surface area contributed by atoms with Crippen LogP contribution in [0.4, 0.5) is 0 Å². The normalized spacial score (nSPS) is 19.2. The van der Waals surface area contributed by atoms with Gasteiger partial charge in [-0.3, -0.25) is 9.59 Å². The summed E-state index contributed by atoms with van der Waals surface area (Å²) < 4.78 is 5.81. The van der Waals surface area contributed by atoms with Gasteiger partial charge >= 0.3 is 11.9 Å². The summed E-state index contributed by atoms with van der Waals surface area (Å²) >= 11 is 0. The molecule has 0 aromatic heterocycles. The lowest BCUT2D eigenvalue weighted by molar-refractivity contribution is -0.164. The Morgan fingerprint density at radius 1 is 0.781 bits per heavy atom. The molecule has 0 heterocycles. The molecule has 1 rings (SSSR count). The third-order valence-electron chi connectivity index (χ3n) is 6.91. The molecule has 1 N–H and O–H groups in total. The van der Waals surface area contributed by atoms with Crippen LogP contribution >= 0.6 is 0 Å². The highest BCUT2D eigenvalue weighted by atomic mass is 16.5. The highest BCUT2D eigenvalue weighted by molar-refractivity contribution is 5.81. The first-order chi connectivity index (χ1) is 15.5. The molecule has 0 saturated carbocycles. The van der Waals surface area contributed by atoms with Crippen molar-refractivity contribution in [3.8, 4) is 0 Å². The average molecular weight is 451 g/mol. The molecule has 0 fully saturated rings. The minimum atomic E-state index is -0.899. The van der Waals surface area contributed by atoms with Gasteiger partial charge in [0.15, 0.2) is 0 Å². The van der Waals surface area contributed by atoms with Crippen LogP contribution in [0.25, 0.3) is 0 Å². The van der Waals surface area contributed by atoms with E-state index in [2.05, 4.69) is 20.8 Å². The summed E-state index contributed by atoms with van der Waals surface area (Å²) in [6, 6.07) is 0. The molecular weight excluding hydrogens is 400 g/mol. The van der Waals surface area contributed by atoms with Crippen molar-refractivity contribution < 1.29 is 19.4 Å². The van der Waals surface area contributed by atoms with Gasteiger partial charge in [-0.15, -0.1) is 0 Å². The number of carbonyl (C=O) groups is 2. The number of aliphatic carboxylic acids is 1. The van der Waals surface area contributed by atoms with Crippen molar-refractivity contribution in [1.82, 2.24) is 0 Å². The number of allylic oxidation sites excluding steroid dienone is 2. The molecule has 1 aliphatic carbocycles. The van der Waals surface area contributed by atoms with Crippen LogP contribution in [0.5, 0.6) is 0 Å². The maximum atomic E-state index is 12.7. The number of carbonyl (C=O) groups excluding carboxylic acids is 1. The topological polar surface area (TPSA) is 63.6 Å². The number of hydrogen-bond donors (Lipinski definition) is 1. The van der Waals surface area contributed by atoms with Crippen molar-refractivity contribution in [2.45, 2.75) is 136 Å². The fourth-order valence-electron chi connectivity index (χ4n) is 4.65. The third-order valence-corrected chi connectivity index (χ3v) is 6.91. The molecule has 0 aromatic rings. The first-order valence-electron chi connectivity index (χ1n) is 13.6. The summed E-state index contributed by atoms with van der Waals surface area (Å²) in [5, 5.41) is 9.40. The van der Waals surface area contributed by atoms with Crippen LogP contribution in [0.2, 0.25) is 0 Å². The van der Waals surface area contributed by atoms with Crippen molar-refractivity contribution in [2.75, 3.05) is 0 Å². The molecule has 4 nitrogen and oxygen atoms in total. The van der Waals surface area contributed by atoms with Gasteiger partial charge in [-0.05, 0) is 31.6 Å². The molecule has 3 unspecified atom stereocenters. The number of carboxylic acids is 1. The van der Waals surface area contributed by atoms with E-state index in [0.29, 0.717) is 12.8 Å². The van der Waals surface area contributed by atoms with Gasteiger partial charge in [-0.2, -0.15) is 0 Å². The molecule has 0 radical (unpaired) electrons. The Balaban J connectivity index is 2.11. The molecular formula is C28H50O4. The van der Waals surface area contributed by atoms with E-state index in [1.807, 2.05) is 12.2 Å². The quantitative estimate of drug-likeness (QED) is 0.123. The number of unbranched alkanes of at least 4 members (excludes halogenated alkanes) is 13. The molecule has 0 amide bonds. The van der Waals surface area contributed by atoms with E-state index in [9.17, 15) is 14.7 Å². The summed E-state index contributed by atoms with van der Waals surface area (Å²) in [5.74, 6) is -2.17. The molecule has 0 bridgehead atoms. The van der Waals surface area contributed by atoms with E-state index in [0.717, 1.165) is 12.8 Å². The number of esters is 1. The fourth-order valence-corrected chi connectivity index (χ4v) is 4.65. The molecule has 3 atom stereocenters. The Bertz CT molecular complexity index is 526. The molecule has 0 aliphatic heterocycles. The van der Waals surface area contributed by atoms with E-state index in [4.69, 9.17) is 4.74 Å². The molecule has 0 aromatic carbocycles. The van der Waals surface area contributed by atoms with Crippen LogP contribution in [-0.4, -0.2) is 23.1 Å². The Morgan fingerprint density at radius 2 is 1.22 bits per heavy atom. The predicted molar refractivity (Wildman–Crippen MR) is 133 cm³/mol. The standard InChI is InChI=1S/C28H50O4/c1-4-5-6-7-8-9-10-11-12-13-14-15-16-17-22-26(23(2)3)32-28(31)25-21-19-18-20-24(25)27(29)30/h18-19,23-26H,4-17,20-22H2,1-3H3,(H,29,30). The highest BCUT2D eigenvalue weighted by Crippen LogP contribution is 2.29. The summed E-state index contributed by atoms with van der Waals surface area (Å²) in [5.41, 5.74) is 0. The number of ether oxygens (including phenoxy) is 1. The van der Waals surface area contributed by atoms with Crippen LogP contribution in [0.15, 0.2) is 12.2 Å². The Labute approximate surface area is 197 Å². The molecule has 32 heavy (non-hydrogen) atoms. The summed E-state index contributed by atoms with van der Waals surface area (Å²) in [7, 11) is 0. The van der Waals surface area contributed by atoms with Crippen molar-refractivity contribution in [2.24, 2.45) is 17.8 Å². The lowest BCUT2D eigenvalue weighted by Gasteiger charge is -2.28. The number of hydrogen-bond acceptors (Lipinski definition) is 3. The highest BCUT2D eigenvalue weighted by Gasteiger charge is 2.36. The largest absolute Gasteiger partial charge is 0.481 e. The zero-order valence-electron chi connectivity index (χ0n) is 21.2.